The third kappa shape index (κ3) is 8.66. The molecule has 1 aromatic carbocycles. The Hall–Kier alpha value is -3.43. The number of nitrogens with zero attached hydrogens (tertiary/aromatic N) is 2. The summed E-state index contributed by atoms with van der Waals surface area (Å²) < 4.78 is 5.20. The van der Waals surface area contributed by atoms with E-state index in [1.165, 1.54) is 32.1 Å². The molecule has 8 nitrogen and oxygen atoms in total. The third-order valence-corrected chi connectivity index (χ3v) is 6.37. The Balaban J connectivity index is 0.000000205. The van der Waals surface area contributed by atoms with E-state index in [1.54, 1.807) is 29.5 Å². The number of carbonyl (C=O) groups excluding carboxylic acids is 1. The monoisotopic (exact) mass is 510 g/mol. The standard InChI is InChI=1S/C15H18N2O2S.C12H16N2O2/c1-15(2,3)19-14(18)17-12-7-6-10(9-11(12)16)13-5-4-8-20-13;15-12(16)10-3-4-11(13-9-10)5-8-14-6-1-2-7-14/h4-9H,16H2,1-3H3,(H,17,18);3-4,9H,1-2,5-8H2,(H,15,16). The van der Waals surface area contributed by atoms with Gasteiger partial charge in [0.05, 0.1) is 16.9 Å². The highest BCUT2D eigenvalue weighted by Crippen LogP contribution is 2.30. The van der Waals surface area contributed by atoms with Gasteiger partial charge in [-0.3, -0.25) is 10.3 Å². The van der Waals surface area contributed by atoms with Crippen molar-refractivity contribution in [2.24, 2.45) is 0 Å². The molecule has 0 bridgehead atoms. The van der Waals surface area contributed by atoms with Gasteiger partial charge in [0.1, 0.15) is 5.60 Å². The molecule has 36 heavy (non-hydrogen) atoms. The summed E-state index contributed by atoms with van der Waals surface area (Å²) in [7, 11) is 0. The van der Waals surface area contributed by atoms with Gasteiger partial charge in [0.25, 0.3) is 0 Å². The van der Waals surface area contributed by atoms with Crippen molar-refractivity contribution in [1.29, 1.82) is 0 Å². The van der Waals surface area contributed by atoms with Gasteiger partial charge < -0.3 is 20.5 Å². The summed E-state index contributed by atoms with van der Waals surface area (Å²) in [5.41, 5.74) is 8.77. The molecule has 1 amide bonds. The summed E-state index contributed by atoms with van der Waals surface area (Å²) in [6, 6.07) is 13.0. The molecule has 1 aliphatic rings. The maximum Gasteiger partial charge on any atom is 0.412 e. The fraction of sp³-hybridized carbons (Fsp3) is 0.370. The highest BCUT2D eigenvalue weighted by Gasteiger charge is 2.17. The van der Waals surface area contributed by atoms with Crippen LogP contribution in [-0.2, 0) is 11.2 Å². The third-order valence-electron chi connectivity index (χ3n) is 5.45. The smallest absolute Gasteiger partial charge is 0.412 e. The van der Waals surface area contributed by atoms with Gasteiger partial charge in [0.15, 0.2) is 0 Å². The quantitative estimate of drug-likeness (QED) is 0.361. The number of carboxylic acids is 1. The number of nitrogens with one attached hydrogen (secondary N) is 1. The van der Waals surface area contributed by atoms with Crippen molar-refractivity contribution in [1.82, 2.24) is 9.88 Å². The molecule has 192 valence electrons. The number of anilines is 2. The molecular formula is C27H34N4O4S. The van der Waals surface area contributed by atoms with E-state index in [1.807, 2.05) is 50.4 Å². The molecule has 0 spiro atoms. The van der Waals surface area contributed by atoms with Gasteiger partial charge in [0, 0.05) is 29.7 Å². The number of pyridine rings is 1. The molecule has 4 N–H and O–H groups in total. The van der Waals surface area contributed by atoms with Crippen LogP contribution < -0.4 is 11.1 Å². The molecule has 2 aromatic heterocycles. The van der Waals surface area contributed by atoms with Crippen LogP contribution in [0.2, 0.25) is 0 Å². The molecule has 0 unspecified atom stereocenters. The number of hydrogen-bond acceptors (Lipinski definition) is 7. The second-order valence-corrected chi connectivity index (χ2v) is 10.5. The molecule has 1 fully saturated rings. The number of ether oxygens (including phenoxy) is 1. The fourth-order valence-electron chi connectivity index (χ4n) is 3.66. The number of aromatic nitrogens is 1. The first-order chi connectivity index (χ1) is 17.1. The summed E-state index contributed by atoms with van der Waals surface area (Å²) in [6.45, 7) is 8.85. The van der Waals surface area contributed by atoms with E-state index in [0.29, 0.717) is 11.4 Å². The minimum Gasteiger partial charge on any atom is -0.478 e. The summed E-state index contributed by atoms with van der Waals surface area (Å²) >= 11 is 1.64. The number of carboxylic acid groups (broad SMARTS) is 1. The molecule has 0 aliphatic carbocycles. The van der Waals surface area contributed by atoms with E-state index < -0.39 is 17.7 Å². The van der Waals surface area contributed by atoms with Crippen LogP contribution in [-0.4, -0.2) is 52.3 Å². The van der Waals surface area contributed by atoms with Crippen LogP contribution >= 0.6 is 11.3 Å². The average Bonchev–Trinajstić information content (AvgIpc) is 3.53. The van der Waals surface area contributed by atoms with E-state index >= 15 is 0 Å². The lowest BCUT2D eigenvalue weighted by atomic mass is 10.1. The van der Waals surface area contributed by atoms with Crippen molar-refractivity contribution in [2.45, 2.75) is 45.6 Å². The number of hydrogen-bond donors (Lipinski definition) is 3. The highest BCUT2D eigenvalue weighted by atomic mass is 32.1. The van der Waals surface area contributed by atoms with Crippen LogP contribution in [0.15, 0.2) is 54.0 Å². The summed E-state index contributed by atoms with van der Waals surface area (Å²) in [5.74, 6) is -0.918. The summed E-state index contributed by atoms with van der Waals surface area (Å²) in [4.78, 5) is 30.1. The minimum absolute atomic E-state index is 0.255. The van der Waals surface area contributed by atoms with Gasteiger partial charge in [-0.05, 0) is 88.0 Å². The maximum absolute atomic E-state index is 11.7. The van der Waals surface area contributed by atoms with Crippen LogP contribution in [0.25, 0.3) is 10.4 Å². The number of nitrogens with two attached hydrogens (primary N) is 1. The zero-order chi connectivity index (χ0) is 26.1. The first-order valence-corrected chi connectivity index (χ1v) is 12.8. The molecular weight excluding hydrogens is 476 g/mol. The van der Waals surface area contributed by atoms with Gasteiger partial charge in [0.2, 0.25) is 0 Å². The number of thiophene rings is 1. The van der Waals surface area contributed by atoms with E-state index in [0.717, 1.165) is 29.1 Å². The van der Waals surface area contributed by atoms with Crippen LogP contribution in [0.4, 0.5) is 16.2 Å². The first kappa shape index (κ1) is 27.2. The van der Waals surface area contributed by atoms with Gasteiger partial charge in [-0.1, -0.05) is 12.1 Å². The lowest BCUT2D eigenvalue weighted by Gasteiger charge is -2.20. The summed E-state index contributed by atoms with van der Waals surface area (Å²) in [5, 5.41) is 13.4. The molecule has 3 heterocycles. The number of likely N-dealkylation sites (tertiary alicyclic amines) is 1. The topological polar surface area (TPSA) is 118 Å². The van der Waals surface area contributed by atoms with Crippen molar-refractivity contribution in [3.63, 3.8) is 0 Å². The zero-order valence-corrected chi connectivity index (χ0v) is 21.8. The van der Waals surface area contributed by atoms with Gasteiger partial charge in [-0.25, -0.2) is 9.59 Å². The van der Waals surface area contributed by atoms with Gasteiger partial charge in [-0.2, -0.15) is 0 Å². The lowest BCUT2D eigenvalue weighted by molar-refractivity contribution is 0.0634. The molecule has 1 saturated heterocycles. The molecule has 4 rings (SSSR count). The predicted molar refractivity (Wildman–Crippen MR) is 145 cm³/mol. The highest BCUT2D eigenvalue weighted by molar-refractivity contribution is 7.13. The largest absolute Gasteiger partial charge is 0.478 e. The number of nitrogen functional groups attached to an aromatic ring is 1. The van der Waals surface area contributed by atoms with E-state index in [9.17, 15) is 9.59 Å². The summed E-state index contributed by atoms with van der Waals surface area (Å²) in [6.07, 6.45) is 4.42. The second-order valence-electron chi connectivity index (χ2n) is 9.55. The normalized spacial score (nSPS) is 13.5. The maximum atomic E-state index is 11.7. The first-order valence-electron chi connectivity index (χ1n) is 11.9. The Kier molecular flexibility index (Phi) is 9.44. The van der Waals surface area contributed by atoms with Crippen LogP contribution in [0, 0.1) is 0 Å². The molecule has 0 atom stereocenters. The van der Waals surface area contributed by atoms with Crippen molar-refractivity contribution in [2.75, 3.05) is 30.7 Å². The van der Waals surface area contributed by atoms with E-state index in [-0.39, 0.29) is 5.56 Å². The van der Waals surface area contributed by atoms with Crippen LogP contribution in [0.5, 0.6) is 0 Å². The molecule has 0 saturated carbocycles. The number of aromatic carboxylic acids is 1. The van der Waals surface area contributed by atoms with E-state index in [2.05, 4.69) is 15.2 Å². The Morgan fingerprint density at radius 3 is 2.47 bits per heavy atom. The predicted octanol–water partition coefficient (Wildman–Crippen LogP) is 5.76. The Bertz CT molecular complexity index is 1140. The molecule has 1 aliphatic heterocycles. The SMILES string of the molecule is CC(C)(C)OC(=O)Nc1ccc(-c2cccs2)cc1N.O=C(O)c1ccc(CCN2CCCC2)nc1. The molecule has 9 heteroatoms. The Morgan fingerprint density at radius 1 is 1.17 bits per heavy atom. The number of rotatable bonds is 6. The van der Waals surface area contributed by atoms with Crippen LogP contribution in [0.3, 0.4) is 0 Å². The zero-order valence-electron chi connectivity index (χ0n) is 21.0. The van der Waals surface area contributed by atoms with Gasteiger partial charge >= 0.3 is 12.1 Å². The Labute approximate surface area is 216 Å². The second kappa shape index (κ2) is 12.5. The number of amides is 1. The van der Waals surface area contributed by atoms with E-state index in [4.69, 9.17) is 15.6 Å². The lowest BCUT2D eigenvalue weighted by Crippen LogP contribution is -2.27. The molecule has 0 radical (unpaired) electrons. The Morgan fingerprint density at radius 2 is 1.92 bits per heavy atom. The number of carbonyl (C=O) groups is 2. The average molecular weight is 511 g/mol. The van der Waals surface area contributed by atoms with Crippen molar-refractivity contribution in [3.8, 4) is 10.4 Å². The molecule has 3 aromatic rings. The van der Waals surface area contributed by atoms with Crippen LogP contribution in [0.1, 0.15) is 49.7 Å². The minimum atomic E-state index is -0.918. The van der Waals surface area contributed by atoms with Gasteiger partial charge in [-0.15, -0.1) is 11.3 Å². The van der Waals surface area contributed by atoms with Crippen molar-refractivity contribution >= 4 is 34.8 Å². The number of benzene rings is 1. The van der Waals surface area contributed by atoms with Crippen molar-refractivity contribution in [3.05, 3.63) is 65.3 Å². The van der Waals surface area contributed by atoms with Crippen molar-refractivity contribution < 1.29 is 19.4 Å². The fourth-order valence-corrected chi connectivity index (χ4v) is 4.39.